The van der Waals surface area contributed by atoms with Crippen molar-refractivity contribution in [1.82, 2.24) is 10.3 Å². The van der Waals surface area contributed by atoms with Crippen LogP contribution >= 0.6 is 34.7 Å². The molecule has 1 aromatic heterocycles. The van der Waals surface area contributed by atoms with Crippen LogP contribution in [0.25, 0.3) is 10.2 Å². The second-order valence-corrected chi connectivity index (χ2v) is 8.87. The summed E-state index contributed by atoms with van der Waals surface area (Å²) < 4.78 is 1.85. The fourth-order valence-electron chi connectivity index (χ4n) is 1.79. The van der Waals surface area contributed by atoms with Crippen molar-refractivity contribution in [3.05, 3.63) is 23.2 Å². The Morgan fingerprint density at radius 2 is 2.17 bits per heavy atom. The fourth-order valence-corrected chi connectivity index (χ4v) is 4.15. The molecule has 2 atom stereocenters. The lowest BCUT2D eigenvalue weighted by molar-refractivity contribution is -0.121. The Hall–Kier alpha value is -1.29. The maximum atomic E-state index is 12.4. The van der Waals surface area contributed by atoms with E-state index in [1.807, 2.05) is 39.0 Å². The van der Waals surface area contributed by atoms with Crippen molar-refractivity contribution in [2.24, 2.45) is 5.92 Å². The van der Waals surface area contributed by atoms with Crippen LogP contribution in [0, 0.1) is 17.2 Å². The molecule has 2 aromatic rings. The summed E-state index contributed by atoms with van der Waals surface area (Å²) in [5.41, 5.74) is -0.0332. The summed E-state index contributed by atoms with van der Waals surface area (Å²) in [5.74, 6) is -0.136. The minimum absolute atomic E-state index is 0.0262. The molecule has 0 fully saturated rings. The van der Waals surface area contributed by atoms with Crippen LogP contribution in [0.4, 0.5) is 0 Å². The van der Waals surface area contributed by atoms with Crippen LogP contribution in [0.15, 0.2) is 22.5 Å². The second kappa shape index (κ2) is 7.08. The van der Waals surface area contributed by atoms with Crippen molar-refractivity contribution in [2.75, 3.05) is 0 Å². The van der Waals surface area contributed by atoms with Crippen molar-refractivity contribution in [2.45, 2.75) is 42.8 Å². The van der Waals surface area contributed by atoms with Gasteiger partial charge in [-0.2, -0.15) is 5.26 Å². The first-order valence-electron chi connectivity index (χ1n) is 7.21. The van der Waals surface area contributed by atoms with Gasteiger partial charge in [0.25, 0.3) is 0 Å². The summed E-state index contributed by atoms with van der Waals surface area (Å²) in [6.45, 7) is 7.39. The van der Waals surface area contributed by atoms with Gasteiger partial charge in [0.2, 0.25) is 5.91 Å². The number of carbonyl (C=O) groups excluding carboxylic acids is 1. The third-order valence-electron chi connectivity index (χ3n) is 3.75. The van der Waals surface area contributed by atoms with Crippen molar-refractivity contribution < 1.29 is 4.79 Å². The smallest absolute Gasteiger partial charge is 0.234 e. The zero-order valence-corrected chi connectivity index (χ0v) is 15.8. The monoisotopic (exact) mass is 367 g/mol. The SMILES string of the molecule is CC(C)[C@](C)(C#N)NC(=O)[C@H](C)Sc1nc2cc(Cl)ccc2s1. The normalized spacial score (nSPS) is 15.2. The number of aromatic nitrogens is 1. The van der Waals surface area contributed by atoms with Gasteiger partial charge in [-0.3, -0.25) is 4.79 Å². The molecular weight excluding hydrogens is 350 g/mol. The molecule has 0 saturated carbocycles. The van der Waals surface area contributed by atoms with Crippen LogP contribution in [-0.2, 0) is 4.79 Å². The molecule has 0 aliphatic rings. The van der Waals surface area contributed by atoms with Crippen LogP contribution in [0.3, 0.4) is 0 Å². The standard InChI is InChI=1S/C16H18ClN3OS2/c1-9(2)16(4,8-18)20-14(21)10(3)22-15-19-12-7-11(17)5-6-13(12)23-15/h5-7,9-10H,1-4H3,(H,20,21)/t10-,16-/m0/s1. The topological polar surface area (TPSA) is 65.8 Å². The molecule has 122 valence electrons. The van der Waals surface area contributed by atoms with Gasteiger partial charge in [0.15, 0.2) is 4.34 Å². The Morgan fingerprint density at radius 1 is 1.48 bits per heavy atom. The van der Waals surface area contributed by atoms with E-state index in [1.54, 1.807) is 6.92 Å². The highest BCUT2D eigenvalue weighted by Crippen LogP contribution is 2.33. The number of carbonyl (C=O) groups is 1. The van der Waals surface area contributed by atoms with Crippen LogP contribution < -0.4 is 5.32 Å². The van der Waals surface area contributed by atoms with E-state index >= 15 is 0 Å². The van der Waals surface area contributed by atoms with Gasteiger partial charge in [-0.05, 0) is 38.0 Å². The van der Waals surface area contributed by atoms with E-state index in [-0.39, 0.29) is 17.1 Å². The molecule has 1 heterocycles. The lowest BCUT2D eigenvalue weighted by atomic mass is 9.90. The van der Waals surface area contributed by atoms with Crippen molar-refractivity contribution >= 4 is 50.8 Å². The highest BCUT2D eigenvalue weighted by atomic mass is 35.5. The summed E-state index contributed by atoms with van der Waals surface area (Å²) in [5, 5.41) is 12.5. The summed E-state index contributed by atoms with van der Waals surface area (Å²) in [6, 6.07) is 7.75. The van der Waals surface area contributed by atoms with E-state index in [1.165, 1.54) is 23.1 Å². The van der Waals surface area contributed by atoms with Gasteiger partial charge < -0.3 is 5.32 Å². The van der Waals surface area contributed by atoms with Gasteiger partial charge in [0.1, 0.15) is 5.54 Å². The first kappa shape index (κ1) is 18.1. The number of hydrogen-bond acceptors (Lipinski definition) is 5. The molecule has 0 aliphatic heterocycles. The van der Waals surface area contributed by atoms with Crippen molar-refractivity contribution in [1.29, 1.82) is 5.26 Å². The van der Waals surface area contributed by atoms with Crippen molar-refractivity contribution in [3.63, 3.8) is 0 Å². The average Bonchev–Trinajstić information content (AvgIpc) is 2.87. The van der Waals surface area contributed by atoms with E-state index < -0.39 is 5.54 Å². The highest BCUT2D eigenvalue weighted by Gasteiger charge is 2.32. The van der Waals surface area contributed by atoms with Crippen molar-refractivity contribution in [3.8, 4) is 6.07 Å². The number of nitrogens with zero attached hydrogens (tertiary/aromatic N) is 2. The first-order valence-corrected chi connectivity index (χ1v) is 9.28. The third-order valence-corrected chi connectivity index (χ3v) is 6.21. The largest absolute Gasteiger partial charge is 0.337 e. The van der Waals surface area contributed by atoms with Crippen LogP contribution in [0.1, 0.15) is 27.7 Å². The lowest BCUT2D eigenvalue weighted by Gasteiger charge is -2.28. The Labute approximate surface area is 149 Å². The van der Waals surface area contributed by atoms with E-state index in [2.05, 4.69) is 16.4 Å². The number of fused-ring (bicyclic) bond motifs is 1. The number of hydrogen-bond donors (Lipinski definition) is 1. The number of rotatable bonds is 5. The number of thiazole rings is 1. The second-order valence-electron chi connectivity index (χ2n) is 5.81. The maximum Gasteiger partial charge on any atom is 0.234 e. The number of halogens is 1. The summed E-state index contributed by atoms with van der Waals surface area (Å²) in [6.07, 6.45) is 0. The number of nitriles is 1. The predicted octanol–water partition coefficient (Wildman–Crippen LogP) is 4.48. The fraction of sp³-hybridized carbons (Fsp3) is 0.438. The molecule has 23 heavy (non-hydrogen) atoms. The Morgan fingerprint density at radius 3 is 2.78 bits per heavy atom. The average molecular weight is 368 g/mol. The van der Waals surface area contributed by atoms with Crippen LogP contribution in [0.2, 0.25) is 5.02 Å². The van der Waals surface area contributed by atoms with Gasteiger partial charge in [-0.15, -0.1) is 11.3 Å². The van der Waals surface area contributed by atoms with E-state index in [4.69, 9.17) is 11.6 Å². The maximum absolute atomic E-state index is 12.4. The quantitative estimate of drug-likeness (QED) is 0.791. The van der Waals surface area contributed by atoms with Crippen LogP contribution in [0.5, 0.6) is 0 Å². The Kier molecular flexibility index (Phi) is 5.56. The summed E-state index contributed by atoms with van der Waals surface area (Å²) in [7, 11) is 0. The van der Waals surface area contributed by atoms with E-state index in [0.717, 1.165) is 14.6 Å². The number of thioether (sulfide) groups is 1. The van der Waals surface area contributed by atoms with Gasteiger partial charge >= 0.3 is 0 Å². The molecule has 0 bridgehead atoms. The molecule has 4 nitrogen and oxygen atoms in total. The molecule has 7 heteroatoms. The molecule has 0 radical (unpaired) electrons. The van der Waals surface area contributed by atoms with E-state index in [0.29, 0.717) is 5.02 Å². The highest BCUT2D eigenvalue weighted by molar-refractivity contribution is 8.02. The Bertz CT molecular complexity index is 768. The molecule has 1 N–H and O–H groups in total. The molecule has 0 unspecified atom stereocenters. The predicted molar refractivity (Wildman–Crippen MR) is 96.9 cm³/mol. The number of benzene rings is 1. The third kappa shape index (κ3) is 4.17. The van der Waals surface area contributed by atoms with E-state index in [9.17, 15) is 10.1 Å². The zero-order chi connectivity index (χ0) is 17.2. The molecule has 1 amide bonds. The minimum atomic E-state index is -0.868. The zero-order valence-electron chi connectivity index (χ0n) is 13.4. The number of amides is 1. The van der Waals surface area contributed by atoms with Gasteiger partial charge in [-0.25, -0.2) is 4.98 Å². The summed E-state index contributed by atoms with van der Waals surface area (Å²) >= 11 is 8.88. The molecule has 0 aliphatic carbocycles. The summed E-state index contributed by atoms with van der Waals surface area (Å²) in [4.78, 5) is 16.9. The molecule has 0 saturated heterocycles. The minimum Gasteiger partial charge on any atom is -0.337 e. The lowest BCUT2D eigenvalue weighted by Crippen LogP contribution is -2.51. The van der Waals surface area contributed by atoms with Gasteiger partial charge in [0, 0.05) is 5.02 Å². The Balaban J connectivity index is 2.09. The molecule has 2 rings (SSSR count). The van der Waals surface area contributed by atoms with Crippen LogP contribution in [-0.4, -0.2) is 21.7 Å². The molecule has 1 aromatic carbocycles. The first-order chi connectivity index (χ1) is 10.7. The molecule has 0 spiro atoms. The van der Waals surface area contributed by atoms with Gasteiger partial charge in [-0.1, -0.05) is 37.2 Å². The number of nitrogens with one attached hydrogen (secondary N) is 1. The molecular formula is C16H18ClN3OS2. The van der Waals surface area contributed by atoms with Gasteiger partial charge in [0.05, 0.1) is 21.5 Å².